The monoisotopic (exact) mass is 431 g/mol. The van der Waals surface area contributed by atoms with Crippen LogP contribution in [0.4, 0.5) is 5.69 Å². The average Bonchev–Trinajstić information content (AvgIpc) is 3.25. The van der Waals surface area contributed by atoms with Crippen molar-refractivity contribution < 1.29 is 4.79 Å². The van der Waals surface area contributed by atoms with E-state index in [9.17, 15) is 4.79 Å². The van der Waals surface area contributed by atoms with Gasteiger partial charge in [0.05, 0.1) is 39.5 Å². The van der Waals surface area contributed by atoms with Crippen LogP contribution in [-0.4, -0.2) is 31.0 Å². The van der Waals surface area contributed by atoms with Gasteiger partial charge in [0.15, 0.2) is 5.16 Å². The summed E-state index contributed by atoms with van der Waals surface area (Å²) in [7, 11) is 0. The molecule has 0 radical (unpaired) electrons. The number of anilines is 1. The number of thioether (sulfide) groups is 1. The Labute approximate surface area is 186 Å². The zero-order valence-corrected chi connectivity index (χ0v) is 18.7. The van der Waals surface area contributed by atoms with Crippen LogP contribution < -0.4 is 5.32 Å². The van der Waals surface area contributed by atoms with Gasteiger partial charge in [-0.2, -0.15) is 5.10 Å². The molecule has 0 fully saturated rings. The predicted molar refractivity (Wildman–Crippen MR) is 127 cm³/mol. The van der Waals surface area contributed by atoms with Crippen LogP contribution in [0.1, 0.15) is 17.0 Å². The third-order valence-corrected chi connectivity index (χ3v) is 6.07. The number of nitrogens with zero attached hydrogens (tertiary/aromatic N) is 4. The molecule has 0 aliphatic rings. The third kappa shape index (κ3) is 4.27. The lowest BCUT2D eigenvalue weighted by Gasteiger charge is -2.08. The Bertz CT molecular complexity index is 1250. The Hall–Kier alpha value is -3.32. The Morgan fingerprint density at radius 3 is 2.61 bits per heavy atom. The lowest BCUT2D eigenvalue weighted by molar-refractivity contribution is -0.113. The first kappa shape index (κ1) is 20.9. The number of para-hydroxylation sites is 2. The summed E-state index contributed by atoms with van der Waals surface area (Å²) in [4.78, 5) is 17.4. The lowest BCUT2D eigenvalue weighted by atomic mass is 10.2. The van der Waals surface area contributed by atoms with Gasteiger partial charge in [0.1, 0.15) is 0 Å². The Balaban J connectivity index is 1.50. The molecule has 1 N–H and O–H groups in total. The second-order valence-electron chi connectivity index (χ2n) is 7.41. The van der Waals surface area contributed by atoms with Gasteiger partial charge in [-0.15, -0.1) is 6.58 Å². The number of imidazole rings is 1. The van der Waals surface area contributed by atoms with Crippen LogP contribution in [0.3, 0.4) is 0 Å². The van der Waals surface area contributed by atoms with E-state index in [0.717, 1.165) is 39.0 Å². The summed E-state index contributed by atoms with van der Waals surface area (Å²) in [5, 5.41) is 8.46. The maximum Gasteiger partial charge on any atom is 0.234 e. The second kappa shape index (κ2) is 8.81. The molecule has 0 saturated heterocycles. The fourth-order valence-corrected chi connectivity index (χ4v) is 4.36. The molecular weight excluding hydrogens is 406 g/mol. The molecule has 158 valence electrons. The van der Waals surface area contributed by atoms with Crippen LogP contribution >= 0.6 is 11.8 Å². The van der Waals surface area contributed by atoms with E-state index >= 15 is 0 Å². The molecule has 2 aromatic heterocycles. The summed E-state index contributed by atoms with van der Waals surface area (Å²) in [6.45, 7) is 10.4. The van der Waals surface area contributed by atoms with Crippen LogP contribution in [0.15, 0.2) is 66.3 Å². The fourth-order valence-electron chi connectivity index (χ4n) is 3.54. The van der Waals surface area contributed by atoms with Crippen LogP contribution in [0, 0.1) is 20.8 Å². The van der Waals surface area contributed by atoms with Gasteiger partial charge in [-0.05, 0) is 45.0 Å². The molecule has 2 aromatic carbocycles. The highest BCUT2D eigenvalue weighted by Gasteiger charge is 2.17. The minimum Gasteiger partial charge on any atom is -0.322 e. The number of amides is 1. The normalized spacial score (nSPS) is 11.1. The zero-order valence-electron chi connectivity index (χ0n) is 17.9. The van der Waals surface area contributed by atoms with Gasteiger partial charge in [0.25, 0.3) is 0 Å². The van der Waals surface area contributed by atoms with Gasteiger partial charge in [-0.25, -0.2) is 9.67 Å². The summed E-state index contributed by atoms with van der Waals surface area (Å²) >= 11 is 1.42. The number of aromatic nitrogens is 4. The molecule has 31 heavy (non-hydrogen) atoms. The van der Waals surface area contributed by atoms with E-state index in [1.54, 1.807) is 0 Å². The maximum atomic E-state index is 12.7. The molecule has 0 spiro atoms. The van der Waals surface area contributed by atoms with Crippen LogP contribution in [0.2, 0.25) is 0 Å². The van der Waals surface area contributed by atoms with Gasteiger partial charge in [-0.3, -0.25) is 4.79 Å². The van der Waals surface area contributed by atoms with E-state index in [-0.39, 0.29) is 11.7 Å². The van der Waals surface area contributed by atoms with E-state index in [2.05, 4.69) is 45.6 Å². The number of carbonyl (C=O) groups excluding carboxylic acids is 1. The van der Waals surface area contributed by atoms with Gasteiger partial charge in [-0.1, -0.05) is 47.7 Å². The Morgan fingerprint density at radius 1 is 1.13 bits per heavy atom. The van der Waals surface area contributed by atoms with Gasteiger partial charge < -0.3 is 9.88 Å². The van der Waals surface area contributed by atoms with E-state index in [0.29, 0.717) is 6.54 Å². The first-order valence-electron chi connectivity index (χ1n) is 10.1. The molecule has 1 amide bonds. The van der Waals surface area contributed by atoms with Crippen molar-refractivity contribution in [1.82, 2.24) is 19.3 Å². The highest BCUT2D eigenvalue weighted by Crippen LogP contribution is 2.26. The molecule has 4 rings (SSSR count). The molecular formula is C24H25N5OS. The molecule has 2 heterocycles. The van der Waals surface area contributed by atoms with Crippen molar-refractivity contribution in [1.29, 1.82) is 0 Å². The van der Waals surface area contributed by atoms with Crippen LogP contribution in [-0.2, 0) is 11.3 Å². The van der Waals surface area contributed by atoms with Crippen molar-refractivity contribution in [2.45, 2.75) is 32.5 Å². The number of rotatable bonds is 7. The molecule has 0 saturated carbocycles. The highest BCUT2D eigenvalue weighted by molar-refractivity contribution is 7.99. The van der Waals surface area contributed by atoms with Crippen molar-refractivity contribution in [3.63, 3.8) is 0 Å². The molecule has 4 aromatic rings. The molecule has 0 aliphatic carbocycles. The van der Waals surface area contributed by atoms with E-state index in [1.165, 1.54) is 17.3 Å². The van der Waals surface area contributed by atoms with Gasteiger partial charge in [0, 0.05) is 6.54 Å². The molecule has 0 aliphatic heterocycles. The highest BCUT2D eigenvalue weighted by atomic mass is 32.2. The average molecular weight is 432 g/mol. The topological polar surface area (TPSA) is 64.7 Å². The van der Waals surface area contributed by atoms with Crippen LogP contribution in [0.25, 0.3) is 16.7 Å². The molecule has 0 atom stereocenters. The quantitative estimate of drug-likeness (QED) is 0.328. The van der Waals surface area contributed by atoms with Gasteiger partial charge in [0.2, 0.25) is 5.91 Å². The van der Waals surface area contributed by atoms with Crippen molar-refractivity contribution in [3.8, 4) is 5.69 Å². The third-order valence-electron chi connectivity index (χ3n) is 5.10. The predicted octanol–water partition coefficient (Wildman–Crippen LogP) is 5.06. The first-order chi connectivity index (χ1) is 15.0. The SMILES string of the molecule is C=CCn1c(SCC(=O)Nc2c(C)nn(-c3ccc(C)cc3)c2C)nc2ccccc21. The molecule has 6 nitrogen and oxygen atoms in total. The van der Waals surface area contributed by atoms with Crippen molar-refractivity contribution in [2.75, 3.05) is 11.1 Å². The number of hydrogen-bond donors (Lipinski definition) is 1. The smallest absolute Gasteiger partial charge is 0.234 e. The first-order valence-corrected chi connectivity index (χ1v) is 11.1. The maximum absolute atomic E-state index is 12.7. The zero-order chi connectivity index (χ0) is 22.0. The number of hydrogen-bond acceptors (Lipinski definition) is 4. The van der Waals surface area contributed by atoms with Crippen molar-refractivity contribution in [3.05, 3.63) is 78.1 Å². The van der Waals surface area contributed by atoms with Crippen LogP contribution in [0.5, 0.6) is 0 Å². The largest absolute Gasteiger partial charge is 0.322 e. The standard InChI is InChI=1S/C24H25N5OS/c1-5-14-28-21-9-7-6-8-20(21)25-24(28)31-15-22(30)26-23-17(3)27-29(18(23)4)19-12-10-16(2)11-13-19/h5-13H,1,14-15H2,2-4H3,(H,26,30). The summed E-state index contributed by atoms with van der Waals surface area (Å²) < 4.78 is 3.94. The number of allylic oxidation sites excluding steroid dienone is 1. The summed E-state index contributed by atoms with van der Waals surface area (Å²) in [6.07, 6.45) is 1.84. The molecule has 0 bridgehead atoms. The van der Waals surface area contributed by atoms with E-state index in [1.807, 2.05) is 61.0 Å². The molecule has 7 heteroatoms. The number of nitrogens with one attached hydrogen (secondary N) is 1. The minimum absolute atomic E-state index is 0.0862. The van der Waals surface area contributed by atoms with E-state index in [4.69, 9.17) is 0 Å². The molecule has 0 unspecified atom stereocenters. The van der Waals surface area contributed by atoms with E-state index < -0.39 is 0 Å². The summed E-state index contributed by atoms with van der Waals surface area (Å²) in [5.41, 5.74) is 6.56. The number of benzene rings is 2. The Morgan fingerprint density at radius 2 is 1.87 bits per heavy atom. The number of fused-ring (bicyclic) bond motifs is 1. The fraction of sp³-hybridized carbons (Fsp3) is 0.208. The van der Waals surface area contributed by atoms with Gasteiger partial charge >= 0.3 is 0 Å². The second-order valence-corrected chi connectivity index (χ2v) is 8.35. The summed E-state index contributed by atoms with van der Waals surface area (Å²) in [5.74, 6) is 0.173. The summed E-state index contributed by atoms with van der Waals surface area (Å²) in [6, 6.07) is 16.1. The Kier molecular flexibility index (Phi) is 5.95. The number of aryl methyl sites for hydroxylation is 2. The van der Waals surface area contributed by atoms with Crippen molar-refractivity contribution in [2.24, 2.45) is 0 Å². The number of carbonyl (C=O) groups is 1. The minimum atomic E-state index is -0.0862. The lowest BCUT2D eigenvalue weighted by Crippen LogP contribution is -2.15. The van der Waals surface area contributed by atoms with Crippen molar-refractivity contribution >= 4 is 34.4 Å².